The molecule has 0 spiro atoms. The molecule has 0 saturated heterocycles. The van der Waals surface area contributed by atoms with E-state index in [1.165, 1.54) is 0 Å². The number of benzene rings is 3. The highest BCUT2D eigenvalue weighted by Gasteiger charge is 2.38. The zero-order chi connectivity index (χ0) is 19.2. The molecule has 1 aliphatic heterocycles. The SMILES string of the molecule is CCCCS(=O)(=O)ON1C(=O)c2cccc3cc4ccccc4c(c23)C1=O. The molecule has 0 bridgehead atoms. The second-order valence-electron chi connectivity index (χ2n) is 6.47. The van der Waals surface area contributed by atoms with Crippen LogP contribution in [0.4, 0.5) is 0 Å². The largest absolute Gasteiger partial charge is 0.288 e. The standard InChI is InChI=1S/C20H17NO5S/c1-2-3-11-27(24,25)26-21-19(22)16-10-6-8-14-12-13-7-4-5-9-15(13)18(17(14)16)20(21)23/h4-10,12H,2-3,11H2,1H3. The van der Waals surface area contributed by atoms with Gasteiger partial charge in [0, 0.05) is 5.39 Å². The molecular weight excluding hydrogens is 366 g/mol. The van der Waals surface area contributed by atoms with Gasteiger partial charge in [-0.15, -0.1) is 9.35 Å². The van der Waals surface area contributed by atoms with Gasteiger partial charge < -0.3 is 0 Å². The van der Waals surface area contributed by atoms with E-state index in [0.29, 0.717) is 28.7 Å². The normalized spacial score (nSPS) is 14.3. The number of hydrogen-bond acceptors (Lipinski definition) is 5. The van der Waals surface area contributed by atoms with Crippen molar-refractivity contribution >= 4 is 43.5 Å². The van der Waals surface area contributed by atoms with Crippen LogP contribution in [-0.4, -0.2) is 31.0 Å². The number of unbranched alkanes of at least 4 members (excludes halogenated alkanes) is 1. The molecule has 0 aromatic heterocycles. The van der Waals surface area contributed by atoms with Gasteiger partial charge in [0.1, 0.15) is 0 Å². The Hall–Kier alpha value is -2.77. The van der Waals surface area contributed by atoms with E-state index in [1.807, 2.05) is 31.2 Å². The molecule has 27 heavy (non-hydrogen) atoms. The Kier molecular flexibility index (Phi) is 4.20. The van der Waals surface area contributed by atoms with Crippen LogP contribution < -0.4 is 0 Å². The van der Waals surface area contributed by atoms with Gasteiger partial charge in [-0.25, -0.2) is 0 Å². The number of carbonyl (C=O) groups excluding carboxylic acids is 2. The third-order valence-corrected chi connectivity index (χ3v) is 5.80. The summed E-state index contributed by atoms with van der Waals surface area (Å²) in [5.74, 6) is -1.79. The summed E-state index contributed by atoms with van der Waals surface area (Å²) in [5.41, 5.74) is 0.530. The lowest BCUT2D eigenvalue weighted by molar-refractivity contribution is -0.0153. The first-order valence-electron chi connectivity index (χ1n) is 8.68. The number of amides is 2. The fourth-order valence-corrected chi connectivity index (χ4v) is 4.44. The summed E-state index contributed by atoms with van der Waals surface area (Å²) >= 11 is 0. The first-order valence-corrected chi connectivity index (χ1v) is 10.3. The van der Waals surface area contributed by atoms with Crippen molar-refractivity contribution in [3.63, 3.8) is 0 Å². The molecule has 138 valence electrons. The first kappa shape index (κ1) is 17.6. The van der Waals surface area contributed by atoms with Crippen LogP contribution >= 0.6 is 0 Å². The van der Waals surface area contributed by atoms with Crippen LogP contribution in [0.25, 0.3) is 21.5 Å². The lowest BCUT2D eigenvalue weighted by Gasteiger charge is -2.26. The van der Waals surface area contributed by atoms with Gasteiger partial charge >= 0.3 is 0 Å². The van der Waals surface area contributed by atoms with Gasteiger partial charge in [0.05, 0.1) is 16.9 Å². The van der Waals surface area contributed by atoms with Gasteiger partial charge in [0.2, 0.25) is 0 Å². The fourth-order valence-electron chi connectivity index (χ4n) is 3.37. The molecule has 1 aliphatic rings. The van der Waals surface area contributed by atoms with E-state index in [1.54, 1.807) is 24.3 Å². The predicted molar refractivity (Wildman–Crippen MR) is 102 cm³/mol. The molecule has 6 nitrogen and oxygen atoms in total. The van der Waals surface area contributed by atoms with Crippen LogP contribution in [0.2, 0.25) is 0 Å². The van der Waals surface area contributed by atoms with Gasteiger partial charge in [-0.3, -0.25) is 9.59 Å². The van der Waals surface area contributed by atoms with Gasteiger partial charge in [-0.05, 0) is 34.7 Å². The van der Waals surface area contributed by atoms with Crippen molar-refractivity contribution in [2.75, 3.05) is 5.75 Å². The maximum Gasteiger partial charge on any atom is 0.288 e. The molecular formula is C20H17NO5S. The molecule has 7 heteroatoms. The minimum absolute atomic E-state index is 0.249. The number of carbonyl (C=O) groups is 2. The number of fused-ring (bicyclic) bond motifs is 2. The molecule has 0 unspecified atom stereocenters. The average molecular weight is 383 g/mol. The lowest BCUT2D eigenvalue weighted by Crippen LogP contribution is -2.42. The summed E-state index contributed by atoms with van der Waals surface area (Å²) in [4.78, 5) is 25.9. The highest BCUT2D eigenvalue weighted by Crippen LogP contribution is 2.36. The van der Waals surface area contributed by atoms with Gasteiger partial charge in [0.25, 0.3) is 21.9 Å². The quantitative estimate of drug-likeness (QED) is 0.496. The Labute approximate surface area is 156 Å². The van der Waals surface area contributed by atoms with E-state index in [9.17, 15) is 18.0 Å². The maximum absolute atomic E-state index is 13.1. The summed E-state index contributed by atoms with van der Waals surface area (Å²) in [6.07, 6.45) is 1.03. The molecule has 4 rings (SSSR count). The van der Waals surface area contributed by atoms with E-state index >= 15 is 0 Å². The highest BCUT2D eigenvalue weighted by atomic mass is 32.2. The Morgan fingerprint density at radius 2 is 1.70 bits per heavy atom. The van der Waals surface area contributed by atoms with Crippen LogP contribution in [-0.2, 0) is 14.4 Å². The molecule has 0 N–H and O–H groups in total. The molecule has 3 aromatic carbocycles. The molecule has 3 aromatic rings. The Balaban J connectivity index is 1.92. The minimum atomic E-state index is -4.05. The van der Waals surface area contributed by atoms with Gasteiger partial charge in [-0.1, -0.05) is 49.7 Å². The smallest absolute Gasteiger partial charge is 0.266 e. The third-order valence-electron chi connectivity index (χ3n) is 4.64. The molecule has 1 heterocycles. The van der Waals surface area contributed by atoms with E-state index in [-0.39, 0.29) is 16.9 Å². The van der Waals surface area contributed by atoms with Crippen molar-refractivity contribution < 1.29 is 22.3 Å². The molecule has 0 radical (unpaired) electrons. The third kappa shape index (κ3) is 2.89. The van der Waals surface area contributed by atoms with Crippen molar-refractivity contribution in [2.45, 2.75) is 19.8 Å². The van der Waals surface area contributed by atoms with Crippen LogP contribution in [0, 0.1) is 0 Å². The van der Waals surface area contributed by atoms with Crippen molar-refractivity contribution in [3.05, 3.63) is 59.7 Å². The highest BCUT2D eigenvalue weighted by molar-refractivity contribution is 7.86. The van der Waals surface area contributed by atoms with E-state index < -0.39 is 21.9 Å². The van der Waals surface area contributed by atoms with Crippen LogP contribution in [0.3, 0.4) is 0 Å². The summed E-state index contributed by atoms with van der Waals surface area (Å²) in [5, 5.41) is 3.13. The summed E-state index contributed by atoms with van der Waals surface area (Å²) in [6, 6.07) is 14.3. The lowest BCUT2D eigenvalue weighted by atomic mass is 9.90. The second-order valence-corrected chi connectivity index (χ2v) is 8.14. The monoisotopic (exact) mass is 383 g/mol. The van der Waals surface area contributed by atoms with Crippen LogP contribution in [0.15, 0.2) is 48.5 Å². The van der Waals surface area contributed by atoms with E-state index in [2.05, 4.69) is 0 Å². The summed E-state index contributed by atoms with van der Waals surface area (Å²) < 4.78 is 29.3. The number of nitrogens with zero attached hydrogens (tertiary/aromatic N) is 1. The van der Waals surface area contributed by atoms with Crippen LogP contribution in [0.1, 0.15) is 40.5 Å². The van der Waals surface area contributed by atoms with Gasteiger partial charge in [-0.2, -0.15) is 8.42 Å². The summed E-state index contributed by atoms with van der Waals surface area (Å²) in [7, 11) is -4.05. The van der Waals surface area contributed by atoms with E-state index in [0.717, 1.165) is 10.8 Å². The number of hydroxylamine groups is 2. The predicted octanol–water partition coefficient (Wildman–Crippen LogP) is 3.65. The topological polar surface area (TPSA) is 80.8 Å². The Bertz CT molecular complexity index is 1200. The van der Waals surface area contributed by atoms with E-state index in [4.69, 9.17) is 4.28 Å². The fraction of sp³-hybridized carbons (Fsp3) is 0.200. The molecule has 0 aliphatic carbocycles. The molecule has 0 atom stereocenters. The van der Waals surface area contributed by atoms with Crippen molar-refractivity contribution in [1.82, 2.24) is 5.06 Å². The zero-order valence-corrected chi connectivity index (χ0v) is 15.5. The van der Waals surface area contributed by atoms with Crippen molar-refractivity contribution in [1.29, 1.82) is 0 Å². The first-order chi connectivity index (χ1) is 12.9. The Morgan fingerprint density at radius 1 is 0.963 bits per heavy atom. The zero-order valence-electron chi connectivity index (χ0n) is 14.6. The van der Waals surface area contributed by atoms with Gasteiger partial charge in [0.15, 0.2) is 0 Å². The number of hydrogen-bond donors (Lipinski definition) is 0. The molecule has 0 fully saturated rings. The van der Waals surface area contributed by atoms with Crippen molar-refractivity contribution in [2.24, 2.45) is 0 Å². The molecule has 0 saturated carbocycles. The number of imide groups is 1. The molecule has 2 amide bonds. The minimum Gasteiger partial charge on any atom is -0.266 e. The second kappa shape index (κ2) is 6.44. The van der Waals surface area contributed by atoms with Crippen LogP contribution in [0.5, 0.6) is 0 Å². The average Bonchev–Trinajstić information content (AvgIpc) is 2.66. The number of rotatable bonds is 5. The maximum atomic E-state index is 13.1. The summed E-state index contributed by atoms with van der Waals surface area (Å²) in [6.45, 7) is 1.84. The van der Waals surface area contributed by atoms with Crippen molar-refractivity contribution in [3.8, 4) is 0 Å². The Morgan fingerprint density at radius 3 is 2.48 bits per heavy atom.